The van der Waals surface area contributed by atoms with Gasteiger partial charge in [0.05, 0.1) is 28.6 Å². The number of ether oxygens (including phenoxy) is 2. The number of amides is 1. The van der Waals surface area contributed by atoms with Gasteiger partial charge in [0, 0.05) is 31.6 Å². The first-order valence-electron chi connectivity index (χ1n) is 12.9. The number of nitrogens with zero attached hydrogens (tertiary/aromatic N) is 4. The van der Waals surface area contributed by atoms with Crippen LogP contribution in [0.3, 0.4) is 0 Å². The third-order valence-electron chi connectivity index (χ3n) is 6.18. The number of likely N-dealkylation sites (tertiary alicyclic amines) is 1. The molecule has 0 aliphatic carbocycles. The molecule has 0 saturated carbocycles. The molecule has 0 radical (unpaired) electrons. The first-order valence-corrected chi connectivity index (χ1v) is 12.9. The summed E-state index contributed by atoms with van der Waals surface area (Å²) in [6.45, 7) is 7.76. The molecule has 1 aliphatic heterocycles. The van der Waals surface area contributed by atoms with Crippen LogP contribution in [0.5, 0.6) is 17.4 Å². The van der Waals surface area contributed by atoms with Crippen molar-refractivity contribution in [2.45, 2.75) is 51.7 Å². The van der Waals surface area contributed by atoms with Gasteiger partial charge in [-0.2, -0.15) is 0 Å². The second kappa shape index (κ2) is 12.2. The van der Waals surface area contributed by atoms with Gasteiger partial charge in [-0.25, -0.2) is 14.4 Å². The number of piperidine rings is 1. The molecule has 1 aliphatic rings. The van der Waals surface area contributed by atoms with Crippen LogP contribution in [0.4, 0.5) is 4.39 Å². The predicted octanol–water partition coefficient (Wildman–Crippen LogP) is 4.36. The lowest BCUT2D eigenvalue weighted by Gasteiger charge is -2.29. The summed E-state index contributed by atoms with van der Waals surface area (Å²) < 4.78 is 27.1. The largest absolute Gasteiger partial charge is 0.490 e. The van der Waals surface area contributed by atoms with Crippen LogP contribution in [0, 0.1) is 5.82 Å². The van der Waals surface area contributed by atoms with Gasteiger partial charge >= 0.3 is 0 Å². The lowest BCUT2D eigenvalue weighted by molar-refractivity contribution is -0.119. The Hall–Kier alpha value is -4.05. The molecule has 1 amide bonds. The van der Waals surface area contributed by atoms with E-state index in [1.165, 1.54) is 30.9 Å². The summed E-state index contributed by atoms with van der Waals surface area (Å²) in [5.41, 5.74) is 6.50. The van der Waals surface area contributed by atoms with E-state index in [9.17, 15) is 9.18 Å². The Labute approximate surface area is 227 Å². The standard InChI is InChI=1S/C29H35FN6O3/c1-29(2,3)34-17-20(16-31)35-27(37)13-19-5-6-23(15-25(19)30)39-28-24-14-22(7-8-26(24)32-18-33-28)38-21-9-11-36(4)12-10-21/h5-8,14-18,21H,9-13,31H2,1-4H3,(H,35,37)/b20-16+,34-17?. The van der Waals surface area contributed by atoms with E-state index in [0.29, 0.717) is 22.3 Å². The fraction of sp³-hybridized carbons (Fsp3) is 0.379. The van der Waals surface area contributed by atoms with Crippen molar-refractivity contribution in [2.24, 2.45) is 10.7 Å². The molecule has 0 atom stereocenters. The van der Waals surface area contributed by atoms with E-state index in [1.807, 2.05) is 39.0 Å². The molecule has 2 heterocycles. The van der Waals surface area contributed by atoms with E-state index in [0.717, 1.165) is 25.9 Å². The zero-order valence-corrected chi connectivity index (χ0v) is 22.8. The minimum Gasteiger partial charge on any atom is -0.490 e. The van der Waals surface area contributed by atoms with E-state index in [4.69, 9.17) is 15.2 Å². The molecule has 2 aromatic carbocycles. The van der Waals surface area contributed by atoms with Crippen LogP contribution in [0.1, 0.15) is 39.2 Å². The van der Waals surface area contributed by atoms with E-state index in [1.54, 1.807) is 6.07 Å². The van der Waals surface area contributed by atoms with Gasteiger partial charge in [-0.15, -0.1) is 0 Å². The monoisotopic (exact) mass is 534 g/mol. The minimum atomic E-state index is -0.575. The molecule has 1 aromatic heterocycles. The Kier molecular flexibility index (Phi) is 8.75. The molecule has 0 unspecified atom stereocenters. The second-order valence-electron chi connectivity index (χ2n) is 10.6. The van der Waals surface area contributed by atoms with Crippen molar-refractivity contribution in [3.8, 4) is 17.4 Å². The van der Waals surface area contributed by atoms with Crippen LogP contribution in [-0.4, -0.2) is 58.8 Å². The summed E-state index contributed by atoms with van der Waals surface area (Å²) in [5.74, 6) is 0.253. The molecule has 3 aromatic rings. The fourth-order valence-electron chi connectivity index (χ4n) is 4.07. The number of aliphatic imine (C=N–C) groups is 1. The van der Waals surface area contributed by atoms with Crippen LogP contribution in [0.15, 0.2) is 59.6 Å². The van der Waals surface area contributed by atoms with E-state index >= 15 is 0 Å². The van der Waals surface area contributed by atoms with Crippen molar-refractivity contribution in [2.75, 3.05) is 20.1 Å². The van der Waals surface area contributed by atoms with Crippen LogP contribution >= 0.6 is 0 Å². The molecule has 9 nitrogen and oxygen atoms in total. The Balaban J connectivity index is 1.44. The smallest absolute Gasteiger partial charge is 0.230 e. The summed E-state index contributed by atoms with van der Waals surface area (Å²) in [6, 6.07) is 9.93. The van der Waals surface area contributed by atoms with Crippen molar-refractivity contribution in [1.82, 2.24) is 20.2 Å². The molecule has 0 bridgehead atoms. The number of hydrogen-bond donors (Lipinski definition) is 2. The number of nitrogens with two attached hydrogens (primary N) is 1. The number of halogens is 1. The third-order valence-corrected chi connectivity index (χ3v) is 6.18. The number of aromatic nitrogens is 2. The van der Waals surface area contributed by atoms with Crippen molar-refractivity contribution in [1.29, 1.82) is 0 Å². The minimum absolute atomic E-state index is 0.147. The number of carbonyl (C=O) groups excluding carboxylic acids is 1. The maximum atomic E-state index is 14.9. The Morgan fingerprint density at radius 2 is 1.92 bits per heavy atom. The number of nitrogens with one attached hydrogen (secondary N) is 1. The van der Waals surface area contributed by atoms with E-state index in [2.05, 4.69) is 32.2 Å². The molecule has 10 heteroatoms. The maximum absolute atomic E-state index is 14.9. The first kappa shape index (κ1) is 28.0. The molecule has 206 valence electrons. The van der Waals surface area contributed by atoms with Crippen molar-refractivity contribution < 1.29 is 18.7 Å². The third kappa shape index (κ3) is 7.97. The van der Waals surface area contributed by atoms with Gasteiger partial charge < -0.3 is 25.4 Å². The van der Waals surface area contributed by atoms with Crippen LogP contribution < -0.4 is 20.5 Å². The molecule has 1 saturated heterocycles. The average Bonchev–Trinajstić information content (AvgIpc) is 2.89. The number of allylic oxidation sites excluding steroid dienone is 1. The molecule has 4 rings (SSSR count). The van der Waals surface area contributed by atoms with Gasteiger partial charge in [-0.3, -0.25) is 9.79 Å². The Bertz CT molecular complexity index is 1380. The summed E-state index contributed by atoms with van der Waals surface area (Å²) in [6.07, 6.45) is 6.02. The van der Waals surface area contributed by atoms with Gasteiger partial charge in [-0.05, 0) is 70.5 Å². The Morgan fingerprint density at radius 1 is 1.18 bits per heavy atom. The lowest BCUT2D eigenvalue weighted by atomic mass is 10.1. The second-order valence-corrected chi connectivity index (χ2v) is 10.6. The summed E-state index contributed by atoms with van der Waals surface area (Å²) in [4.78, 5) is 27.6. The highest BCUT2D eigenvalue weighted by Crippen LogP contribution is 2.31. The Morgan fingerprint density at radius 3 is 2.62 bits per heavy atom. The average molecular weight is 535 g/mol. The van der Waals surface area contributed by atoms with Crippen LogP contribution in [0.25, 0.3) is 10.9 Å². The van der Waals surface area contributed by atoms with E-state index in [-0.39, 0.29) is 35.3 Å². The normalized spacial score (nSPS) is 15.6. The number of rotatable bonds is 8. The van der Waals surface area contributed by atoms with Gasteiger partial charge in [0.25, 0.3) is 0 Å². The SMILES string of the molecule is CN1CCC(Oc2ccc3ncnc(Oc4ccc(CC(=O)N/C(C=NC(C)(C)C)=C/N)c(F)c4)c3c2)CC1. The van der Waals surface area contributed by atoms with Crippen molar-refractivity contribution >= 4 is 23.0 Å². The molecule has 1 fully saturated rings. The predicted molar refractivity (Wildman–Crippen MR) is 150 cm³/mol. The maximum Gasteiger partial charge on any atom is 0.230 e. The quantitative estimate of drug-likeness (QED) is 0.413. The number of hydrogen-bond acceptors (Lipinski definition) is 8. The summed E-state index contributed by atoms with van der Waals surface area (Å²) in [5, 5.41) is 3.30. The topological polar surface area (TPSA) is 115 Å². The zero-order chi connectivity index (χ0) is 28.0. The van der Waals surface area contributed by atoms with Gasteiger partial charge in [0.1, 0.15) is 29.7 Å². The number of fused-ring (bicyclic) bond motifs is 1. The first-order chi connectivity index (χ1) is 18.6. The number of carbonyl (C=O) groups is 1. The highest BCUT2D eigenvalue weighted by atomic mass is 19.1. The highest BCUT2D eigenvalue weighted by molar-refractivity contribution is 5.89. The van der Waals surface area contributed by atoms with Crippen molar-refractivity contribution in [3.63, 3.8) is 0 Å². The number of benzene rings is 2. The fourth-order valence-corrected chi connectivity index (χ4v) is 4.07. The molecule has 39 heavy (non-hydrogen) atoms. The molecule has 0 spiro atoms. The van der Waals surface area contributed by atoms with Gasteiger partial charge in [-0.1, -0.05) is 6.07 Å². The van der Waals surface area contributed by atoms with E-state index < -0.39 is 11.7 Å². The molecular formula is C29H35FN6O3. The van der Waals surface area contributed by atoms with Crippen molar-refractivity contribution in [3.05, 3.63) is 66.0 Å². The highest BCUT2D eigenvalue weighted by Gasteiger charge is 2.19. The van der Waals surface area contributed by atoms with Gasteiger partial charge in [0.2, 0.25) is 11.8 Å². The zero-order valence-electron chi connectivity index (χ0n) is 22.8. The molecule has 3 N–H and O–H groups in total. The molecular weight excluding hydrogens is 499 g/mol. The van der Waals surface area contributed by atoms with Crippen LogP contribution in [-0.2, 0) is 11.2 Å². The lowest BCUT2D eigenvalue weighted by Crippen LogP contribution is -2.35. The summed E-state index contributed by atoms with van der Waals surface area (Å²) in [7, 11) is 2.11. The van der Waals surface area contributed by atoms with Gasteiger partial charge in [0.15, 0.2) is 0 Å². The summed E-state index contributed by atoms with van der Waals surface area (Å²) >= 11 is 0. The van der Waals surface area contributed by atoms with Crippen LogP contribution in [0.2, 0.25) is 0 Å².